The van der Waals surface area contributed by atoms with Crippen LogP contribution in [0.2, 0.25) is 0 Å². The molecule has 2 rings (SSSR count). The second-order valence-electron chi connectivity index (χ2n) is 2.71. The molecule has 0 spiro atoms. The quantitative estimate of drug-likeness (QED) is 0.431. The summed E-state index contributed by atoms with van der Waals surface area (Å²) < 4.78 is 7.86. The molecule has 0 nitrogen and oxygen atoms in total. The summed E-state index contributed by atoms with van der Waals surface area (Å²) in [6.45, 7) is 0. The third kappa shape index (κ3) is 2.12. The first kappa shape index (κ1) is 7.93. The van der Waals surface area contributed by atoms with Gasteiger partial charge in [0.05, 0.1) is 0 Å². The molecular formula is C9H7ISn. The van der Waals surface area contributed by atoms with Gasteiger partial charge in [-0.3, -0.25) is 0 Å². The van der Waals surface area contributed by atoms with E-state index < -0.39 is 14.4 Å². The van der Waals surface area contributed by atoms with Gasteiger partial charge in [-0.1, -0.05) is 0 Å². The first-order valence-corrected chi connectivity index (χ1v) is 16.7. The molecule has 0 fully saturated rings. The third-order valence-corrected chi connectivity index (χ3v) is 12.7. The minimum absolute atomic E-state index is 1.25. The number of halogens is 1. The van der Waals surface area contributed by atoms with Gasteiger partial charge >= 0.3 is 81.2 Å². The predicted octanol–water partition coefficient (Wildman–Crippen LogP) is 2.24. The van der Waals surface area contributed by atoms with E-state index in [1.54, 1.807) is 0 Å². The topological polar surface area (TPSA) is 0 Å². The van der Waals surface area contributed by atoms with E-state index in [1.165, 1.54) is 10.0 Å². The molecular weight excluding hydrogens is 354 g/mol. The molecule has 2 heteroatoms. The Morgan fingerprint density at radius 2 is 1.82 bits per heavy atom. The van der Waals surface area contributed by atoms with Gasteiger partial charge in [-0.2, -0.15) is 0 Å². The van der Waals surface area contributed by atoms with E-state index in [-0.39, 0.29) is 0 Å². The van der Waals surface area contributed by atoms with Gasteiger partial charge in [0, 0.05) is 0 Å². The average molecular weight is 361 g/mol. The molecule has 0 atom stereocenters. The molecule has 0 saturated heterocycles. The Kier molecular flexibility index (Phi) is 2.15. The second kappa shape index (κ2) is 2.98. The molecule has 0 radical (unpaired) electrons. The van der Waals surface area contributed by atoms with Gasteiger partial charge in [0.1, 0.15) is 0 Å². The van der Waals surface area contributed by atoms with Crippen LogP contribution in [0.1, 0.15) is 5.56 Å². The molecule has 0 bridgehead atoms. The van der Waals surface area contributed by atoms with E-state index in [0.717, 1.165) is 0 Å². The van der Waals surface area contributed by atoms with Crippen molar-refractivity contribution < 1.29 is 0 Å². The third-order valence-electron chi connectivity index (χ3n) is 1.69. The number of hydrogen-bond acceptors (Lipinski definition) is 0. The van der Waals surface area contributed by atoms with Gasteiger partial charge in [0.25, 0.3) is 0 Å². The van der Waals surface area contributed by atoms with E-state index in [9.17, 15) is 0 Å². The van der Waals surface area contributed by atoms with Crippen molar-refractivity contribution in [3.05, 3.63) is 35.9 Å². The Hall–Kier alpha value is 0.309. The van der Waals surface area contributed by atoms with Crippen molar-refractivity contribution in [2.45, 2.75) is 4.44 Å². The Morgan fingerprint density at radius 3 is 2.36 bits per heavy atom. The molecule has 0 aliphatic carbocycles. The normalized spacial score (nSPS) is 16.8. The molecule has 1 aliphatic heterocycles. The molecule has 11 heavy (non-hydrogen) atoms. The van der Waals surface area contributed by atoms with Gasteiger partial charge in [-0.25, -0.2) is 0 Å². The Bertz CT molecular complexity index is 312. The summed E-state index contributed by atoms with van der Waals surface area (Å²) in [4.78, 5) is 0. The monoisotopic (exact) mass is 362 g/mol. The Labute approximate surface area is 80.5 Å². The fourth-order valence-electron chi connectivity index (χ4n) is 1.03. The summed E-state index contributed by atoms with van der Waals surface area (Å²) in [6, 6.07) is 10.7. The maximum atomic E-state index is 3.31. The fraction of sp³-hybridized carbons (Fsp3) is 0.111. The molecule has 1 aliphatic rings. The maximum absolute atomic E-state index is 3.31. The van der Waals surface area contributed by atoms with Crippen LogP contribution in [-0.4, -0.2) is 14.4 Å². The molecule has 1 heterocycles. The summed E-state index contributed by atoms with van der Waals surface area (Å²) in [6.07, 6.45) is 0. The van der Waals surface area contributed by atoms with Gasteiger partial charge in [0.2, 0.25) is 0 Å². The standard InChI is InChI=1S/C7H7.C2.HI.Sn/c1-7-5-3-2-4-6-7;1-2;;/h2-6H,1H2;;1H;/q;;;+1/p-1. The molecule has 1 aromatic carbocycles. The van der Waals surface area contributed by atoms with E-state index >= 15 is 0 Å². The van der Waals surface area contributed by atoms with Crippen molar-refractivity contribution >= 4 is 33.0 Å². The van der Waals surface area contributed by atoms with Gasteiger partial charge in [-0.05, 0) is 0 Å². The molecule has 1 aromatic rings. The van der Waals surface area contributed by atoms with Crippen LogP contribution < -0.4 is 0 Å². The zero-order chi connectivity index (χ0) is 7.73. The molecule has 0 amide bonds. The van der Waals surface area contributed by atoms with Crippen LogP contribution in [0.25, 0.3) is 0 Å². The van der Waals surface area contributed by atoms with E-state index in [0.29, 0.717) is 0 Å². The second-order valence-corrected chi connectivity index (χ2v) is 22.1. The van der Waals surface area contributed by atoms with Crippen molar-refractivity contribution in [1.82, 2.24) is 0 Å². The van der Waals surface area contributed by atoms with Crippen molar-refractivity contribution in [3.63, 3.8) is 0 Å². The zero-order valence-electron chi connectivity index (χ0n) is 5.97. The van der Waals surface area contributed by atoms with Crippen LogP contribution in [-0.2, 0) is 4.44 Å². The summed E-state index contributed by atoms with van der Waals surface area (Å²) in [7, 11) is 0. The summed E-state index contributed by atoms with van der Waals surface area (Å²) in [5.41, 5.74) is 1.45. The molecule has 0 unspecified atom stereocenters. The van der Waals surface area contributed by atoms with Crippen molar-refractivity contribution in [3.8, 4) is 7.87 Å². The molecule has 54 valence electrons. The first-order valence-electron chi connectivity index (χ1n) is 3.56. The van der Waals surface area contributed by atoms with E-state index in [2.05, 4.69) is 56.8 Å². The summed E-state index contributed by atoms with van der Waals surface area (Å²) in [5, 5.41) is 0. The van der Waals surface area contributed by atoms with Crippen LogP contribution in [0.4, 0.5) is 0 Å². The SMILES string of the molecule is [I][Sn]1([CH2]c2ccccc2)[C]#[C]1. The Balaban J connectivity index is 2.08. The van der Waals surface area contributed by atoms with Crippen molar-refractivity contribution in [2.75, 3.05) is 0 Å². The van der Waals surface area contributed by atoms with E-state index in [1.807, 2.05) is 0 Å². The Morgan fingerprint density at radius 1 is 1.18 bits per heavy atom. The van der Waals surface area contributed by atoms with Crippen LogP contribution in [0, 0.1) is 7.87 Å². The fourth-order valence-corrected chi connectivity index (χ4v) is 15.8. The number of rotatable bonds is 2. The van der Waals surface area contributed by atoms with Gasteiger partial charge in [0.15, 0.2) is 0 Å². The molecule has 0 N–H and O–H groups in total. The number of benzene rings is 1. The summed E-state index contributed by atoms with van der Waals surface area (Å²) >= 11 is 0.734. The minimum atomic E-state index is -1.84. The molecule has 0 saturated carbocycles. The molecule has 0 aromatic heterocycles. The first-order chi connectivity index (χ1) is 5.29. The van der Waals surface area contributed by atoms with Gasteiger partial charge in [-0.15, -0.1) is 0 Å². The van der Waals surface area contributed by atoms with Crippen LogP contribution in [0.15, 0.2) is 30.3 Å². The van der Waals surface area contributed by atoms with Crippen molar-refractivity contribution in [2.24, 2.45) is 0 Å². The number of hydrogen-bond donors (Lipinski definition) is 0. The predicted molar refractivity (Wildman–Crippen MR) is 57.7 cm³/mol. The van der Waals surface area contributed by atoms with Crippen LogP contribution >= 0.6 is 18.6 Å². The van der Waals surface area contributed by atoms with Crippen LogP contribution in [0.3, 0.4) is 0 Å². The van der Waals surface area contributed by atoms with Crippen molar-refractivity contribution in [1.29, 1.82) is 0 Å². The van der Waals surface area contributed by atoms with Gasteiger partial charge < -0.3 is 0 Å². The van der Waals surface area contributed by atoms with Crippen LogP contribution in [0.5, 0.6) is 0 Å². The van der Waals surface area contributed by atoms with E-state index in [4.69, 9.17) is 0 Å². The zero-order valence-corrected chi connectivity index (χ0v) is 11.0. The summed E-state index contributed by atoms with van der Waals surface area (Å²) in [5.74, 6) is 0. The average Bonchev–Trinajstić information content (AvgIpc) is 2.70.